The van der Waals surface area contributed by atoms with E-state index in [9.17, 15) is 8.78 Å². The molecule has 96 valence electrons. The molecule has 0 amide bonds. The molecule has 5 heteroatoms. The van der Waals surface area contributed by atoms with Crippen molar-refractivity contribution in [2.45, 2.75) is 13.5 Å². The van der Waals surface area contributed by atoms with Crippen LogP contribution in [-0.2, 0) is 22.9 Å². The van der Waals surface area contributed by atoms with E-state index in [1.54, 1.807) is 12.1 Å². The first kappa shape index (κ1) is 16.3. The first-order chi connectivity index (χ1) is 9.15. The zero-order valence-electron chi connectivity index (χ0n) is 10.4. The number of benzene rings is 2. The number of rotatable bonds is 3. The SMILES string of the molecule is Cc1[c-]ccc(OCc2ccc(F)c(F)c2)c1.[Zn+][Br]. The summed E-state index contributed by atoms with van der Waals surface area (Å²) in [5.74, 6) is -1.02. The van der Waals surface area contributed by atoms with Gasteiger partial charge < -0.3 is 4.74 Å². The van der Waals surface area contributed by atoms with Gasteiger partial charge in [-0.3, -0.25) is 0 Å². The molecule has 19 heavy (non-hydrogen) atoms. The molecular formula is C14H11BrF2OZn. The molecule has 0 aromatic heterocycles. The van der Waals surface area contributed by atoms with E-state index < -0.39 is 11.6 Å². The van der Waals surface area contributed by atoms with E-state index in [-0.39, 0.29) is 6.61 Å². The second-order valence-corrected chi connectivity index (χ2v) is 3.74. The third kappa shape index (κ3) is 5.37. The summed E-state index contributed by atoms with van der Waals surface area (Å²) >= 11 is 4.25. The summed E-state index contributed by atoms with van der Waals surface area (Å²) in [5.41, 5.74) is 1.56. The van der Waals surface area contributed by atoms with Gasteiger partial charge in [0, 0.05) is 5.75 Å². The molecule has 0 fully saturated rings. The predicted octanol–water partition coefficient (Wildman–Crippen LogP) is 4.50. The van der Waals surface area contributed by atoms with Crippen LogP contribution in [0.5, 0.6) is 5.75 Å². The van der Waals surface area contributed by atoms with Gasteiger partial charge in [-0.15, -0.1) is 12.1 Å². The average molecular weight is 379 g/mol. The fourth-order valence-corrected chi connectivity index (χ4v) is 1.44. The topological polar surface area (TPSA) is 9.23 Å². The van der Waals surface area contributed by atoms with Crippen molar-refractivity contribution < 1.29 is 29.9 Å². The monoisotopic (exact) mass is 376 g/mol. The van der Waals surface area contributed by atoms with Crippen molar-refractivity contribution in [3.63, 3.8) is 0 Å². The Morgan fingerprint density at radius 1 is 1.16 bits per heavy atom. The summed E-state index contributed by atoms with van der Waals surface area (Å²) < 4.78 is 31.1. The van der Waals surface area contributed by atoms with Crippen LogP contribution in [0.15, 0.2) is 36.4 Å². The molecule has 0 spiro atoms. The van der Waals surface area contributed by atoms with Crippen molar-refractivity contribution in [1.82, 2.24) is 0 Å². The summed E-state index contributed by atoms with van der Waals surface area (Å²) in [6, 6.07) is 12.1. The molecule has 1 nitrogen and oxygen atoms in total. The molecule has 0 saturated carbocycles. The van der Waals surface area contributed by atoms with Crippen LogP contribution in [0, 0.1) is 24.6 Å². The van der Waals surface area contributed by atoms with E-state index in [0.29, 0.717) is 11.3 Å². The molecule has 0 aliphatic heterocycles. The van der Waals surface area contributed by atoms with Crippen LogP contribution in [0.1, 0.15) is 11.1 Å². The molecule has 0 unspecified atom stereocenters. The summed E-state index contributed by atoms with van der Waals surface area (Å²) in [5, 5.41) is 0. The first-order valence-electron chi connectivity index (χ1n) is 5.47. The Kier molecular flexibility index (Phi) is 7.18. The molecule has 0 radical (unpaired) electrons. The molecule has 2 rings (SSSR count). The number of aryl methyl sites for hydroxylation is 1. The van der Waals surface area contributed by atoms with Crippen LogP contribution in [0.3, 0.4) is 0 Å². The first-order valence-corrected chi connectivity index (χ1v) is 12.4. The summed E-state index contributed by atoms with van der Waals surface area (Å²) in [4.78, 5) is 0. The number of hydrogen-bond acceptors (Lipinski definition) is 1. The van der Waals surface area contributed by atoms with Gasteiger partial charge in [-0.2, -0.15) is 17.7 Å². The van der Waals surface area contributed by atoms with Crippen molar-refractivity contribution in [3.8, 4) is 5.75 Å². The van der Waals surface area contributed by atoms with Crippen LogP contribution in [0.25, 0.3) is 0 Å². The Morgan fingerprint density at radius 2 is 1.89 bits per heavy atom. The van der Waals surface area contributed by atoms with Crippen molar-refractivity contribution in [2.75, 3.05) is 0 Å². The minimum atomic E-state index is -0.858. The Balaban J connectivity index is 0.000000861. The van der Waals surface area contributed by atoms with Gasteiger partial charge in [0.25, 0.3) is 0 Å². The summed E-state index contributed by atoms with van der Waals surface area (Å²) in [6.45, 7) is 2.12. The van der Waals surface area contributed by atoms with Crippen LogP contribution in [0.2, 0.25) is 0 Å². The van der Waals surface area contributed by atoms with Gasteiger partial charge in [0.1, 0.15) is 6.61 Å². The summed E-state index contributed by atoms with van der Waals surface area (Å²) in [7, 11) is 0. The Hall–Kier alpha value is -0.797. The van der Waals surface area contributed by atoms with Crippen molar-refractivity contribution in [3.05, 3.63) is 65.2 Å². The molecule has 0 aliphatic rings. The van der Waals surface area contributed by atoms with E-state index in [1.807, 2.05) is 13.0 Å². The molecule has 0 bridgehead atoms. The Labute approximate surface area is 128 Å². The standard InChI is InChI=1S/C14H11F2O.BrH.Zn/c1-10-3-2-4-12(7-10)17-9-11-5-6-13(15)14(16)8-11;;/h2,4-8H,9H2,1H3;1H;/q-1;;+2/p-1. The van der Waals surface area contributed by atoms with Gasteiger partial charge >= 0.3 is 30.0 Å². The van der Waals surface area contributed by atoms with E-state index in [2.05, 4.69) is 19.7 Å². The maximum absolute atomic E-state index is 12.9. The summed E-state index contributed by atoms with van der Waals surface area (Å²) in [6.07, 6.45) is 0. The van der Waals surface area contributed by atoms with Crippen molar-refractivity contribution in [1.29, 1.82) is 0 Å². The molecule has 0 heterocycles. The van der Waals surface area contributed by atoms with E-state index in [4.69, 9.17) is 4.74 Å². The van der Waals surface area contributed by atoms with Gasteiger partial charge in [0.05, 0.1) is 0 Å². The molecule has 2 aromatic rings. The average Bonchev–Trinajstić information content (AvgIpc) is 2.43. The second kappa shape index (κ2) is 8.39. The van der Waals surface area contributed by atoms with Gasteiger partial charge in [-0.1, -0.05) is 13.0 Å². The molecular weight excluding hydrogens is 367 g/mol. The third-order valence-corrected chi connectivity index (χ3v) is 2.31. The predicted molar refractivity (Wildman–Crippen MR) is 69.6 cm³/mol. The Morgan fingerprint density at radius 3 is 2.53 bits per heavy atom. The number of hydrogen-bond donors (Lipinski definition) is 0. The normalized spacial score (nSPS) is 9.58. The van der Waals surface area contributed by atoms with Gasteiger partial charge in [0.15, 0.2) is 11.6 Å². The van der Waals surface area contributed by atoms with Gasteiger partial charge in [0.2, 0.25) is 0 Å². The van der Waals surface area contributed by atoms with Gasteiger partial charge in [-0.25, -0.2) is 8.78 Å². The molecule has 0 aliphatic carbocycles. The van der Waals surface area contributed by atoms with Crippen LogP contribution >= 0.6 is 13.6 Å². The van der Waals surface area contributed by atoms with Crippen LogP contribution in [0.4, 0.5) is 8.78 Å². The third-order valence-electron chi connectivity index (χ3n) is 2.31. The molecule has 0 saturated heterocycles. The van der Waals surface area contributed by atoms with Crippen LogP contribution < -0.4 is 4.74 Å². The van der Waals surface area contributed by atoms with Gasteiger partial charge in [-0.05, 0) is 17.7 Å². The Bertz CT molecular complexity index is 535. The fourth-order valence-electron chi connectivity index (χ4n) is 1.44. The number of ether oxygens (including phenoxy) is 1. The molecule has 0 atom stereocenters. The van der Waals surface area contributed by atoms with E-state index >= 15 is 0 Å². The zero-order valence-corrected chi connectivity index (χ0v) is 15.0. The zero-order chi connectivity index (χ0) is 14.3. The van der Waals surface area contributed by atoms with Crippen molar-refractivity contribution >= 4 is 13.6 Å². The minimum absolute atomic E-state index is 0.209. The molecule has 2 aromatic carbocycles. The second-order valence-electron chi connectivity index (χ2n) is 3.74. The van der Waals surface area contributed by atoms with Crippen LogP contribution in [-0.4, -0.2) is 0 Å². The number of halogens is 3. The van der Waals surface area contributed by atoms with E-state index in [0.717, 1.165) is 17.7 Å². The fraction of sp³-hybridized carbons (Fsp3) is 0.143. The van der Waals surface area contributed by atoms with Crippen molar-refractivity contribution in [2.24, 2.45) is 0 Å². The van der Waals surface area contributed by atoms with E-state index in [1.165, 1.54) is 22.4 Å². The quantitative estimate of drug-likeness (QED) is 0.565. The maximum atomic E-state index is 12.9. The molecule has 0 N–H and O–H groups in total.